The molecule has 0 amide bonds. The molecule has 0 heterocycles. The molecule has 0 atom stereocenters. The van der Waals surface area contributed by atoms with Gasteiger partial charge >= 0.3 is 0 Å². The molecule has 4 heteroatoms. The highest BCUT2D eigenvalue weighted by Crippen LogP contribution is 2.25. The Hall–Kier alpha value is -1.51. The largest absolute Gasteiger partial charge is 0.399 e. The molecule has 2 rings (SSSR count). The first-order chi connectivity index (χ1) is 8.49. The van der Waals surface area contributed by atoms with Crippen molar-refractivity contribution < 1.29 is 4.79 Å². The zero-order valence-electron chi connectivity index (χ0n) is 9.71. The predicted octanol–water partition coefficient (Wildman–Crippen LogP) is 4.12. The molecular formula is C14H11Cl2NO. The second-order valence-corrected chi connectivity index (χ2v) is 4.87. The van der Waals surface area contributed by atoms with Gasteiger partial charge in [-0.05, 0) is 42.8 Å². The molecule has 92 valence electrons. The van der Waals surface area contributed by atoms with E-state index < -0.39 is 0 Å². The van der Waals surface area contributed by atoms with Gasteiger partial charge in [0.05, 0.1) is 5.02 Å². The number of carbonyl (C=O) groups is 1. The molecule has 0 unspecified atom stereocenters. The minimum Gasteiger partial charge on any atom is -0.399 e. The molecule has 2 aromatic carbocycles. The first-order valence-corrected chi connectivity index (χ1v) is 6.10. The maximum atomic E-state index is 12.4. The summed E-state index contributed by atoms with van der Waals surface area (Å²) in [6.45, 7) is 1.85. The minimum atomic E-state index is -0.174. The number of carbonyl (C=O) groups excluding carboxylic acids is 1. The first-order valence-electron chi connectivity index (χ1n) is 5.35. The van der Waals surface area contributed by atoms with Crippen LogP contribution in [0.25, 0.3) is 0 Å². The highest BCUT2D eigenvalue weighted by molar-refractivity contribution is 6.36. The fourth-order valence-corrected chi connectivity index (χ4v) is 2.08. The Morgan fingerprint density at radius 3 is 2.50 bits per heavy atom. The maximum absolute atomic E-state index is 12.4. The summed E-state index contributed by atoms with van der Waals surface area (Å²) in [6, 6.07) is 10.0. The van der Waals surface area contributed by atoms with Crippen molar-refractivity contribution in [3.63, 3.8) is 0 Å². The van der Waals surface area contributed by atoms with Crippen LogP contribution in [0.5, 0.6) is 0 Å². The molecule has 0 saturated heterocycles. The van der Waals surface area contributed by atoms with E-state index in [1.54, 1.807) is 36.4 Å². The van der Waals surface area contributed by atoms with Crippen LogP contribution in [0.4, 0.5) is 5.69 Å². The highest BCUT2D eigenvalue weighted by Gasteiger charge is 2.15. The zero-order valence-corrected chi connectivity index (χ0v) is 11.2. The molecule has 0 aliphatic rings. The van der Waals surface area contributed by atoms with Crippen molar-refractivity contribution in [2.75, 3.05) is 5.73 Å². The topological polar surface area (TPSA) is 43.1 Å². The molecule has 0 aromatic heterocycles. The minimum absolute atomic E-state index is 0.174. The summed E-state index contributed by atoms with van der Waals surface area (Å²) < 4.78 is 0. The van der Waals surface area contributed by atoms with Gasteiger partial charge in [-0.3, -0.25) is 4.79 Å². The molecule has 0 spiro atoms. The molecule has 0 bridgehead atoms. The van der Waals surface area contributed by atoms with E-state index in [-0.39, 0.29) is 5.78 Å². The maximum Gasteiger partial charge on any atom is 0.194 e. The quantitative estimate of drug-likeness (QED) is 0.664. The van der Waals surface area contributed by atoms with Gasteiger partial charge in [0.2, 0.25) is 0 Å². The molecule has 2 N–H and O–H groups in total. The van der Waals surface area contributed by atoms with Crippen LogP contribution in [0.3, 0.4) is 0 Å². The number of aryl methyl sites for hydroxylation is 1. The second-order valence-electron chi connectivity index (χ2n) is 4.03. The number of nitrogen functional groups attached to an aromatic ring is 1. The lowest BCUT2D eigenvalue weighted by Gasteiger charge is -2.08. The van der Waals surface area contributed by atoms with E-state index in [2.05, 4.69) is 0 Å². The molecular weight excluding hydrogens is 269 g/mol. The Kier molecular flexibility index (Phi) is 3.60. The predicted molar refractivity (Wildman–Crippen MR) is 75.5 cm³/mol. The van der Waals surface area contributed by atoms with Gasteiger partial charge in [0.1, 0.15) is 0 Å². The molecule has 0 saturated carbocycles. The van der Waals surface area contributed by atoms with Gasteiger partial charge < -0.3 is 5.73 Å². The number of benzene rings is 2. The van der Waals surface area contributed by atoms with E-state index in [1.165, 1.54) is 0 Å². The molecule has 0 fully saturated rings. The Morgan fingerprint density at radius 1 is 1.06 bits per heavy atom. The van der Waals surface area contributed by atoms with E-state index >= 15 is 0 Å². The summed E-state index contributed by atoms with van der Waals surface area (Å²) in [5.74, 6) is -0.174. The molecule has 18 heavy (non-hydrogen) atoms. The SMILES string of the molecule is Cc1ccc(N)cc1C(=O)c1cc(Cl)ccc1Cl. The fraction of sp³-hybridized carbons (Fsp3) is 0.0714. The number of hydrogen-bond acceptors (Lipinski definition) is 2. The number of nitrogens with two attached hydrogens (primary N) is 1. The lowest BCUT2D eigenvalue weighted by molar-refractivity contribution is 0.103. The molecule has 0 aliphatic heterocycles. The third-order valence-corrected chi connectivity index (χ3v) is 3.24. The molecule has 2 aromatic rings. The van der Waals surface area contributed by atoms with Crippen molar-refractivity contribution in [2.24, 2.45) is 0 Å². The van der Waals surface area contributed by atoms with Crippen LogP contribution in [0.2, 0.25) is 10.0 Å². The van der Waals surface area contributed by atoms with E-state index in [1.807, 2.05) is 6.92 Å². The van der Waals surface area contributed by atoms with E-state index in [0.717, 1.165) is 5.56 Å². The smallest absolute Gasteiger partial charge is 0.194 e. The van der Waals surface area contributed by atoms with Gasteiger partial charge in [-0.25, -0.2) is 0 Å². The zero-order chi connectivity index (χ0) is 13.3. The Balaban J connectivity index is 2.54. The number of ketones is 1. The van der Waals surface area contributed by atoms with Crippen LogP contribution in [-0.4, -0.2) is 5.78 Å². The van der Waals surface area contributed by atoms with Gasteiger partial charge in [-0.15, -0.1) is 0 Å². The van der Waals surface area contributed by atoms with Gasteiger partial charge in [0.15, 0.2) is 5.78 Å². The van der Waals surface area contributed by atoms with Gasteiger partial charge in [-0.1, -0.05) is 29.3 Å². The van der Waals surface area contributed by atoms with Crippen molar-refractivity contribution in [3.05, 3.63) is 63.1 Å². The standard InChI is InChI=1S/C14H11Cl2NO/c1-8-2-4-10(17)7-11(8)14(18)12-6-9(15)3-5-13(12)16/h2-7H,17H2,1H3. The third-order valence-electron chi connectivity index (χ3n) is 2.68. The van der Waals surface area contributed by atoms with Gasteiger partial charge in [-0.2, -0.15) is 0 Å². The number of hydrogen-bond donors (Lipinski definition) is 1. The molecule has 0 radical (unpaired) electrons. The average Bonchev–Trinajstić information content (AvgIpc) is 2.34. The van der Waals surface area contributed by atoms with Crippen molar-refractivity contribution >= 4 is 34.7 Å². The van der Waals surface area contributed by atoms with Gasteiger partial charge in [0.25, 0.3) is 0 Å². The second kappa shape index (κ2) is 5.01. The summed E-state index contributed by atoms with van der Waals surface area (Å²) in [5.41, 5.74) is 8.02. The number of anilines is 1. The van der Waals surface area contributed by atoms with Crippen LogP contribution in [-0.2, 0) is 0 Å². The van der Waals surface area contributed by atoms with E-state index in [4.69, 9.17) is 28.9 Å². The van der Waals surface area contributed by atoms with Crippen LogP contribution in [0, 0.1) is 6.92 Å². The number of rotatable bonds is 2. The summed E-state index contributed by atoms with van der Waals surface area (Å²) in [4.78, 5) is 12.4. The van der Waals surface area contributed by atoms with Crippen molar-refractivity contribution in [1.29, 1.82) is 0 Å². The van der Waals surface area contributed by atoms with E-state index in [0.29, 0.717) is 26.9 Å². The van der Waals surface area contributed by atoms with Crippen molar-refractivity contribution in [2.45, 2.75) is 6.92 Å². The summed E-state index contributed by atoms with van der Waals surface area (Å²) >= 11 is 11.9. The van der Waals surface area contributed by atoms with Gasteiger partial charge in [0, 0.05) is 21.8 Å². The van der Waals surface area contributed by atoms with Crippen LogP contribution < -0.4 is 5.73 Å². The van der Waals surface area contributed by atoms with E-state index in [9.17, 15) is 4.79 Å². The lowest BCUT2D eigenvalue weighted by Crippen LogP contribution is -2.05. The Labute approximate surface area is 115 Å². The highest BCUT2D eigenvalue weighted by atomic mass is 35.5. The lowest BCUT2D eigenvalue weighted by atomic mass is 9.98. The monoisotopic (exact) mass is 279 g/mol. The third kappa shape index (κ3) is 2.50. The summed E-state index contributed by atoms with van der Waals surface area (Å²) in [7, 11) is 0. The summed E-state index contributed by atoms with van der Waals surface area (Å²) in [5, 5.41) is 0.857. The van der Waals surface area contributed by atoms with Crippen molar-refractivity contribution in [1.82, 2.24) is 0 Å². The summed E-state index contributed by atoms with van der Waals surface area (Å²) in [6.07, 6.45) is 0. The number of halogens is 2. The normalized spacial score (nSPS) is 10.4. The Morgan fingerprint density at radius 2 is 1.78 bits per heavy atom. The average molecular weight is 280 g/mol. The van der Waals surface area contributed by atoms with Crippen LogP contribution in [0.1, 0.15) is 21.5 Å². The van der Waals surface area contributed by atoms with Crippen LogP contribution in [0.15, 0.2) is 36.4 Å². The van der Waals surface area contributed by atoms with Crippen molar-refractivity contribution in [3.8, 4) is 0 Å². The molecule has 2 nitrogen and oxygen atoms in total. The molecule has 0 aliphatic carbocycles. The van der Waals surface area contributed by atoms with Crippen LogP contribution >= 0.6 is 23.2 Å². The fourth-order valence-electron chi connectivity index (χ4n) is 1.70. The Bertz CT molecular complexity index is 570. The first kappa shape index (κ1) is 12.9.